The molecule has 1 saturated heterocycles. The van der Waals surface area contributed by atoms with Crippen molar-refractivity contribution in [3.8, 4) is 0 Å². The Morgan fingerprint density at radius 1 is 1.37 bits per heavy atom. The van der Waals surface area contributed by atoms with Crippen LogP contribution < -0.4 is 5.32 Å². The van der Waals surface area contributed by atoms with E-state index in [4.69, 9.17) is 9.73 Å². The average molecular weight is 387 g/mol. The molecule has 2 atom stereocenters. The molecule has 2 unspecified atom stereocenters. The van der Waals surface area contributed by atoms with E-state index in [0.717, 1.165) is 55.7 Å². The van der Waals surface area contributed by atoms with Crippen LogP contribution in [0, 0.1) is 12.8 Å². The molecule has 146 valence electrons. The number of hydrogen-bond donors (Lipinski definition) is 1. The number of nitrogens with zero attached hydrogens (tertiary/aromatic N) is 3. The molecule has 0 bridgehead atoms. The lowest BCUT2D eigenvalue weighted by Gasteiger charge is -2.31. The molecule has 6 heteroatoms. The van der Waals surface area contributed by atoms with Crippen LogP contribution in [0.1, 0.15) is 42.1 Å². The fourth-order valence-electron chi connectivity index (χ4n) is 3.51. The van der Waals surface area contributed by atoms with E-state index in [9.17, 15) is 0 Å². The molecular formula is C21H30N4OS. The van der Waals surface area contributed by atoms with Crippen molar-refractivity contribution in [1.29, 1.82) is 0 Å². The van der Waals surface area contributed by atoms with Crippen molar-refractivity contribution >= 4 is 17.3 Å². The highest BCUT2D eigenvalue weighted by atomic mass is 32.1. The Hall–Kier alpha value is -1.92. The molecule has 1 N–H and O–H groups in total. The van der Waals surface area contributed by atoms with Crippen LogP contribution >= 0.6 is 11.3 Å². The number of thiazole rings is 1. The van der Waals surface area contributed by atoms with Crippen LogP contribution in [-0.4, -0.2) is 42.6 Å². The van der Waals surface area contributed by atoms with E-state index in [1.165, 1.54) is 5.56 Å². The van der Waals surface area contributed by atoms with Gasteiger partial charge in [-0.25, -0.2) is 4.98 Å². The van der Waals surface area contributed by atoms with Gasteiger partial charge in [-0.2, -0.15) is 0 Å². The molecule has 3 rings (SSSR count). The van der Waals surface area contributed by atoms with Gasteiger partial charge in [0.15, 0.2) is 5.96 Å². The van der Waals surface area contributed by atoms with E-state index in [1.54, 1.807) is 11.3 Å². The Bertz CT molecular complexity index is 731. The van der Waals surface area contributed by atoms with E-state index < -0.39 is 0 Å². The summed E-state index contributed by atoms with van der Waals surface area (Å²) in [4.78, 5) is 11.7. The number of aryl methyl sites for hydroxylation is 1. The van der Waals surface area contributed by atoms with E-state index in [-0.39, 0.29) is 6.10 Å². The highest BCUT2D eigenvalue weighted by Crippen LogP contribution is 2.33. The number of aliphatic imine (C=N–C) groups is 1. The first-order valence-corrected chi connectivity index (χ1v) is 10.6. The normalized spacial score (nSPS) is 20.5. The first-order valence-electron chi connectivity index (χ1n) is 9.74. The third-order valence-corrected chi connectivity index (χ3v) is 5.63. The Morgan fingerprint density at radius 3 is 2.89 bits per heavy atom. The summed E-state index contributed by atoms with van der Waals surface area (Å²) in [6.45, 7) is 7.36. The first-order chi connectivity index (χ1) is 13.2. The van der Waals surface area contributed by atoms with Crippen LogP contribution in [-0.2, 0) is 11.3 Å². The molecule has 1 aromatic heterocycles. The second-order valence-electron chi connectivity index (χ2n) is 7.01. The highest BCUT2D eigenvalue weighted by Gasteiger charge is 2.27. The average Bonchev–Trinajstić information content (AvgIpc) is 3.10. The minimum absolute atomic E-state index is 0.137. The zero-order chi connectivity index (χ0) is 19.1. The summed E-state index contributed by atoms with van der Waals surface area (Å²) < 4.78 is 6.12. The maximum absolute atomic E-state index is 6.12. The fraction of sp³-hybridized carbons (Fsp3) is 0.524. The van der Waals surface area contributed by atoms with Gasteiger partial charge in [0.2, 0.25) is 0 Å². The minimum Gasteiger partial charge on any atom is -0.373 e. The van der Waals surface area contributed by atoms with E-state index in [0.29, 0.717) is 5.92 Å². The maximum atomic E-state index is 6.12. The van der Waals surface area contributed by atoms with E-state index in [2.05, 4.69) is 64.9 Å². The fourth-order valence-corrected chi connectivity index (χ4v) is 4.12. The summed E-state index contributed by atoms with van der Waals surface area (Å²) in [6.07, 6.45) is 2.39. The summed E-state index contributed by atoms with van der Waals surface area (Å²) in [6, 6.07) is 10.5. The number of benzene rings is 1. The minimum atomic E-state index is 0.137. The summed E-state index contributed by atoms with van der Waals surface area (Å²) in [7, 11) is 2.07. The van der Waals surface area contributed by atoms with Crippen LogP contribution in [0.25, 0.3) is 0 Å². The number of ether oxygens (including phenoxy) is 1. The van der Waals surface area contributed by atoms with Gasteiger partial charge in [-0.1, -0.05) is 30.3 Å². The van der Waals surface area contributed by atoms with Gasteiger partial charge < -0.3 is 15.0 Å². The lowest BCUT2D eigenvalue weighted by Crippen LogP contribution is -2.39. The molecule has 0 spiro atoms. The van der Waals surface area contributed by atoms with Crippen LogP contribution in [0.15, 0.2) is 40.7 Å². The SMILES string of the molecule is CCNC(=NCC1CCCOC1c1ccccc1)N(C)Cc1csc(C)n1. The van der Waals surface area contributed by atoms with Crippen LogP contribution in [0.5, 0.6) is 0 Å². The number of rotatable bonds is 6. The summed E-state index contributed by atoms with van der Waals surface area (Å²) in [5, 5.41) is 6.64. The highest BCUT2D eigenvalue weighted by molar-refractivity contribution is 7.09. The summed E-state index contributed by atoms with van der Waals surface area (Å²) in [5.74, 6) is 1.34. The predicted octanol–water partition coefficient (Wildman–Crippen LogP) is 4.02. The molecule has 1 aromatic carbocycles. The molecule has 0 amide bonds. The van der Waals surface area contributed by atoms with Crippen molar-refractivity contribution in [2.45, 2.75) is 39.3 Å². The predicted molar refractivity (Wildman–Crippen MR) is 112 cm³/mol. The third kappa shape index (κ3) is 5.53. The van der Waals surface area contributed by atoms with Gasteiger partial charge in [-0.05, 0) is 32.3 Å². The zero-order valence-electron chi connectivity index (χ0n) is 16.5. The van der Waals surface area contributed by atoms with Crippen LogP contribution in [0.2, 0.25) is 0 Å². The zero-order valence-corrected chi connectivity index (χ0v) is 17.3. The Morgan fingerprint density at radius 2 is 2.19 bits per heavy atom. The van der Waals surface area contributed by atoms with Crippen LogP contribution in [0.3, 0.4) is 0 Å². The second-order valence-corrected chi connectivity index (χ2v) is 8.08. The molecule has 0 aliphatic carbocycles. The molecule has 1 fully saturated rings. The monoisotopic (exact) mass is 386 g/mol. The van der Waals surface area contributed by atoms with Gasteiger partial charge in [0.05, 0.1) is 23.4 Å². The number of nitrogens with one attached hydrogen (secondary N) is 1. The lowest BCUT2D eigenvalue weighted by molar-refractivity contribution is -0.0250. The molecule has 1 aliphatic rings. The van der Waals surface area contributed by atoms with Crippen molar-refractivity contribution in [3.63, 3.8) is 0 Å². The molecular weight excluding hydrogens is 356 g/mol. The largest absolute Gasteiger partial charge is 0.373 e. The molecule has 27 heavy (non-hydrogen) atoms. The summed E-state index contributed by atoms with van der Waals surface area (Å²) >= 11 is 1.69. The van der Waals surface area contributed by atoms with Gasteiger partial charge in [-0.15, -0.1) is 11.3 Å². The third-order valence-electron chi connectivity index (χ3n) is 4.81. The first kappa shape index (κ1) is 19.8. The molecule has 1 aliphatic heterocycles. The number of aromatic nitrogens is 1. The van der Waals surface area contributed by atoms with Crippen molar-refractivity contribution in [2.24, 2.45) is 10.9 Å². The van der Waals surface area contributed by atoms with Crippen LogP contribution in [0.4, 0.5) is 0 Å². The van der Waals surface area contributed by atoms with Gasteiger partial charge in [0.25, 0.3) is 0 Å². The van der Waals surface area contributed by atoms with Crippen molar-refractivity contribution in [1.82, 2.24) is 15.2 Å². The Labute approximate surface area is 166 Å². The molecule has 2 heterocycles. The van der Waals surface area contributed by atoms with Gasteiger partial charge in [0, 0.05) is 38.0 Å². The van der Waals surface area contributed by atoms with Gasteiger partial charge >= 0.3 is 0 Å². The van der Waals surface area contributed by atoms with Gasteiger partial charge in [-0.3, -0.25) is 4.99 Å². The second kappa shape index (κ2) is 9.85. The van der Waals surface area contributed by atoms with Crippen molar-refractivity contribution in [3.05, 3.63) is 52.0 Å². The maximum Gasteiger partial charge on any atom is 0.194 e. The standard InChI is InChI=1S/C21H30N4OS/c1-4-22-21(25(3)14-19-15-27-16(2)24-19)23-13-18-11-8-12-26-20(18)17-9-6-5-7-10-17/h5-7,9-10,15,18,20H,4,8,11-14H2,1-3H3,(H,22,23). The number of guanidine groups is 1. The van der Waals surface area contributed by atoms with E-state index in [1.807, 2.05) is 6.92 Å². The molecule has 0 saturated carbocycles. The molecule has 5 nitrogen and oxygen atoms in total. The van der Waals surface area contributed by atoms with Crippen molar-refractivity contribution < 1.29 is 4.74 Å². The van der Waals surface area contributed by atoms with E-state index >= 15 is 0 Å². The molecule has 2 aromatic rings. The smallest absolute Gasteiger partial charge is 0.194 e. The van der Waals surface area contributed by atoms with Gasteiger partial charge in [0.1, 0.15) is 0 Å². The Kier molecular flexibility index (Phi) is 7.24. The summed E-state index contributed by atoms with van der Waals surface area (Å²) in [5.41, 5.74) is 2.35. The topological polar surface area (TPSA) is 49.8 Å². The Balaban J connectivity index is 1.68. The lowest BCUT2D eigenvalue weighted by atomic mass is 9.89. The molecule has 0 radical (unpaired) electrons. The van der Waals surface area contributed by atoms with Crippen molar-refractivity contribution in [2.75, 3.05) is 26.7 Å². The number of hydrogen-bond acceptors (Lipinski definition) is 4. The quantitative estimate of drug-likeness (QED) is 0.602.